The van der Waals surface area contributed by atoms with Gasteiger partial charge in [0, 0.05) is 12.1 Å². The molecule has 98 valence electrons. The van der Waals surface area contributed by atoms with E-state index >= 15 is 0 Å². The summed E-state index contributed by atoms with van der Waals surface area (Å²) in [6.45, 7) is 0. The van der Waals surface area contributed by atoms with Gasteiger partial charge in [-0.25, -0.2) is 4.39 Å². The zero-order valence-electron chi connectivity index (χ0n) is 9.15. The molecule has 1 aromatic carbocycles. The van der Waals surface area contributed by atoms with Gasteiger partial charge < -0.3 is 4.74 Å². The average molecular weight is 324 g/mol. The van der Waals surface area contributed by atoms with Crippen molar-refractivity contribution in [2.45, 2.75) is 11.2 Å². The Bertz CT molecular complexity index is 495. The van der Waals surface area contributed by atoms with Crippen molar-refractivity contribution in [3.63, 3.8) is 0 Å². The largest absolute Gasteiger partial charge is 0.468 e. The van der Waals surface area contributed by atoms with Gasteiger partial charge in [0.15, 0.2) is 0 Å². The molecule has 1 unspecified atom stereocenters. The van der Waals surface area contributed by atoms with E-state index in [2.05, 4.69) is 20.7 Å². The number of esters is 1. The molecular formula is C10H8BrF2NO4. The van der Waals surface area contributed by atoms with E-state index < -0.39 is 33.0 Å². The minimum atomic E-state index is -1.26. The number of nitro groups is 1. The number of nitro benzene ring substituents is 1. The van der Waals surface area contributed by atoms with Gasteiger partial charge in [-0.15, -0.1) is 0 Å². The third-order valence-electron chi connectivity index (χ3n) is 2.17. The van der Waals surface area contributed by atoms with Crippen LogP contribution in [0.15, 0.2) is 12.1 Å². The summed E-state index contributed by atoms with van der Waals surface area (Å²) in [4.78, 5) is 19.8. The topological polar surface area (TPSA) is 69.4 Å². The highest BCUT2D eigenvalue weighted by molar-refractivity contribution is 9.10. The predicted octanol–water partition coefficient (Wildman–Crippen LogP) is 2.35. The van der Waals surface area contributed by atoms with Crippen molar-refractivity contribution >= 4 is 27.6 Å². The Morgan fingerprint density at radius 3 is 2.61 bits per heavy atom. The third kappa shape index (κ3) is 3.22. The average Bonchev–Trinajstić information content (AvgIpc) is 2.30. The van der Waals surface area contributed by atoms with Crippen molar-refractivity contribution in [1.29, 1.82) is 0 Å². The summed E-state index contributed by atoms with van der Waals surface area (Å²) in [6.07, 6.45) is -0.181. The van der Waals surface area contributed by atoms with Crippen molar-refractivity contribution in [2.75, 3.05) is 7.11 Å². The van der Waals surface area contributed by atoms with E-state index in [0.717, 1.165) is 13.2 Å². The molecule has 1 aromatic rings. The van der Waals surface area contributed by atoms with E-state index in [0.29, 0.717) is 6.07 Å². The lowest BCUT2D eigenvalue weighted by molar-refractivity contribution is -0.387. The fraction of sp³-hybridized carbons (Fsp3) is 0.300. The molecule has 18 heavy (non-hydrogen) atoms. The summed E-state index contributed by atoms with van der Waals surface area (Å²) in [5.41, 5.74) is -0.980. The highest BCUT2D eigenvalue weighted by Crippen LogP contribution is 2.23. The second-order valence-corrected chi connectivity index (χ2v) is 4.45. The number of nitrogens with zero attached hydrogens (tertiary/aromatic N) is 1. The summed E-state index contributed by atoms with van der Waals surface area (Å²) >= 11 is 2.95. The molecule has 0 aromatic heterocycles. The van der Waals surface area contributed by atoms with Crippen LogP contribution in [-0.2, 0) is 16.0 Å². The van der Waals surface area contributed by atoms with Crippen molar-refractivity contribution < 1.29 is 23.2 Å². The van der Waals surface area contributed by atoms with Gasteiger partial charge in [-0.05, 0) is 12.0 Å². The standard InChI is InChI=1S/C10H8BrF2NO4/c1-18-10(15)6(11)2-5-3-9(14(16)17)8(13)4-7(5)12/h3-4,6H,2H2,1H3. The van der Waals surface area contributed by atoms with Crippen LogP contribution < -0.4 is 0 Å². The molecule has 1 rings (SSSR count). The Morgan fingerprint density at radius 1 is 1.50 bits per heavy atom. The van der Waals surface area contributed by atoms with Crippen LogP contribution >= 0.6 is 15.9 Å². The maximum Gasteiger partial charge on any atom is 0.319 e. The molecule has 0 saturated carbocycles. The van der Waals surface area contributed by atoms with Crippen LogP contribution in [0.3, 0.4) is 0 Å². The Labute approximate surface area is 109 Å². The Balaban J connectivity index is 3.06. The lowest BCUT2D eigenvalue weighted by Gasteiger charge is -2.08. The van der Waals surface area contributed by atoms with Gasteiger partial charge in [0.1, 0.15) is 10.6 Å². The molecule has 0 spiro atoms. The van der Waals surface area contributed by atoms with Crippen LogP contribution in [-0.4, -0.2) is 22.8 Å². The number of rotatable bonds is 4. The van der Waals surface area contributed by atoms with Crippen LogP contribution in [0.25, 0.3) is 0 Å². The Morgan fingerprint density at radius 2 is 2.11 bits per heavy atom. The van der Waals surface area contributed by atoms with E-state index in [1.807, 2.05) is 0 Å². The predicted molar refractivity (Wildman–Crippen MR) is 61.4 cm³/mol. The molecule has 0 N–H and O–H groups in total. The number of ether oxygens (including phenoxy) is 1. The molecule has 0 aliphatic heterocycles. The quantitative estimate of drug-likeness (QED) is 0.369. The van der Waals surface area contributed by atoms with Crippen LogP contribution in [0.4, 0.5) is 14.5 Å². The third-order valence-corrected chi connectivity index (χ3v) is 2.87. The first kappa shape index (κ1) is 14.5. The highest BCUT2D eigenvalue weighted by atomic mass is 79.9. The van der Waals surface area contributed by atoms with Gasteiger partial charge in [-0.2, -0.15) is 4.39 Å². The summed E-state index contributed by atoms with van der Waals surface area (Å²) < 4.78 is 30.9. The van der Waals surface area contributed by atoms with Crippen molar-refractivity contribution in [2.24, 2.45) is 0 Å². The van der Waals surface area contributed by atoms with Gasteiger partial charge in [0.25, 0.3) is 0 Å². The van der Waals surface area contributed by atoms with Crippen LogP contribution in [0, 0.1) is 21.7 Å². The van der Waals surface area contributed by atoms with E-state index in [9.17, 15) is 23.7 Å². The first-order valence-corrected chi connectivity index (χ1v) is 5.62. The van der Waals surface area contributed by atoms with E-state index in [1.165, 1.54) is 0 Å². The second-order valence-electron chi connectivity index (χ2n) is 3.35. The van der Waals surface area contributed by atoms with Crippen LogP contribution in [0.1, 0.15) is 5.56 Å². The molecule has 5 nitrogen and oxygen atoms in total. The van der Waals surface area contributed by atoms with Crippen LogP contribution in [0.2, 0.25) is 0 Å². The maximum atomic E-state index is 13.4. The fourth-order valence-electron chi connectivity index (χ4n) is 1.28. The summed E-state index contributed by atoms with van der Waals surface area (Å²) in [5, 5.41) is 10.5. The molecule has 0 amide bonds. The van der Waals surface area contributed by atoms with Crippen molar-refractivity contribution in [1.82, 2.24) is 0 Å². The van der Waals surface area contributed by atoms with E-state index in [-0.39, 0.29) is 12.0 Å². The fourth-order valence-corrected chi connectivity index (χ4v) is 1.82. The summed E-state index contributed by atoms with van der Waals surface area (Å²) in [5.74, 6) is -2.86. The van der Waals surface area contributed by atoms with Gasteiger partial charge in [-0.3, -0.25) is 14.9 Å². The van der Waals surface area contributed by atoms with Crippen LogP contribution in [0.5, 0.6) is 0 Å². The van der Waals surface area contributed by atoms with E-state index in [4.69, 9.17) is 0 Å². The number of methoxy groups -OCH3 is 1. The number of carbonyl (C=O) groups is 1. The zero-order chi connectivity index (χ0) is 13.9. The first-order valence-electron chi connectivity index (χ1n) is 4.71. The van der Waals surface area contributed by atoms with Gasteiger partial charge in [-0.1, -0.05) is 15.9 Å². The molecule has 0 aliphatic rings. The monoisotopic (exact) mass is 323 g/mol. The molecule has 0 heterocycles. The molecule has 0 saturated heterocycles. The lowest BCUT2D eigenvalue weighted by Crippen LogP contribution is -2.18. The van der Waals surface area contributed by atoms with Gasteiger partial charge >= 0.3 is 11.7 Å². The maximum absolute atomic E-state index is 13.4. The van der Waals surface area contributed by atoms with Gasteiger partial charge in [0.05, 0.1) is 12.0 Å². The summed E-state index contributed by atoms with van der Waals surface area (Å²) in [7, 11) is 1.15. The summed E-state index contributed by atoms with van der Waals surface area (Å²) in [6, 6.07) is 1.19. The molecule has 0 radical (unpaired) electrons. The highest BCUT2D eigenvalue weighted by Gasteiger charge is 2.22. The Kier molecular flexibility index (Phi) is 4.71. The van der Waals surface area contributed by atoms with Crippen molar-refractivity contribution in [3.05, 3.63) is 39.4 Å². The zero-order valence-corrected chi connectivity index (χ0v) is 10.7. The van der Waals surface area contributed by atoms with Gasteiger partial charge in [0.2, 0.25) is 5.82 Å². The molecule has 1 atom stereocenters. The first-order chi connectivity index (χ1) is 8.36. The number of alkyl halides is 1. The minimum Gasteiger partial charge on any atom is -0.468 e. The molecule has 0 bridgehead atoms. The smallest absolute Gasteiger partial charge is 0.319 e. The minimum absolute atomic E-state index is 0.143. The lowest BCUT2D eigenvalue weighted by atomic mass is 10.1. The molecule has 8 heteroatoms. The van der Waals surface area contributed by atoms with Crippen molar-refractivity contribution in [3.8, 4) is 0 Å². The number of carbonyl (C=O) groups excluding carboxylic acids is 1. The van der Waals surface area contributed by atoms with E-state index in [1.54, 1.807) is 0 Å². The Hall–Kier alpha value is -1.57. The molecular weight excluding hydrogens is 316 g/mol. The number of hydrogen-bond donors (Lipinski definition) is 0. The second kappa shape index (κ2) is 5.85. The molecule has 0 aliphatic carbocycles. The normalized spacial score (nSPS) is 12.0. The SMILES string of the molecule is COC(=O)C(Br)Cc1cc([N+](=O)[O-])c(F)cc1F. The number of benzene rings is 1. The number of halogens is 3. The number of hydrogen-bond acceptors (Lipinski definition) is 4. The molecule has 0 fully saturated rings.